The molecule has 0 bridgehead atoms. The first-order valence-corrected chi connectivity index (χ1v) is 10.5. The molecule has 6 nitrogen and oxygen atoms in total. The highest BCUT2D eigenvalue weighted by molar-refractivity contribution is 7.91. The van der Waals surface area contributed by atoms with Crippen LogP contribution < -0.4 is 10.0 Å². The first kappa shape index (κ1) is 17.4. The predicted octanol–water partition coefficient (Wildman–Crippen LogP) is 0.899. The number of sulfonamides is 1. The van der Waals surface area contributed by atoms with Gasteiger partial charge < -0.3 is 5.32 Å². The number of piperidine rings is 1. The molecule has 0 spiro atoms. The number of hydrogen-bond acceptors (Lipinski definition) is 5. The minimum absolute atomic E-state index is 0.0141. The quantitative estimate of drug-likeness (QED) is 0.826. The fourth-order valence-corrected chi connectivity index (χ4v) is 4.87. The minimum Gasteiger partial charge on any atom is -0.313 e. The van der Waals surface area contributed by atoms with Crippen LogP contribution in [-0.2, 0) is 19.9 Å². The summed E-state index contributed by atoms with van der Waals surface area (Å²) in [4.78, 5) is 0.0208. The van der Waals surface area contributed by atoms with Gasteiger partial charge in [0.25, 0.3) is 0 Å². The Morgan fingerprint density at radius 3 is 2.55 bits per heavy atom. The van der Waals surface area contributed by atoms with E-state index < -0.39 is 19.9 Å². The van der Waals surface area contributed by atoms with Gasteiger partial charge >= 0.3 is 0 Å². The van der Waals surface area contributed by atoms with Gasteiger partial charge in [0, 0.05) is 12.1 Å². The maximum Gasteiger partial charge on any atom is 0.240 e. The van der Waals surface area contributed by atoms with E-state index in [1.807, 2.05) is 6.92 Å². The Bertz CT molecular complexity index is 729. The largest absolute Gasteiger partial charge is 0.313 e. The summed E-state index contributed by atoms with van der Waals surface area (Å²) >= 11 is 0. The minimum atomic E-state index is -3.74. The van der Waals surface area contributed by atoms with E-state index in [-0.39, 0.29) is 27.6 Å². The Kier molecular flexibility index (Phi) is 5.26. The van der Waals surface area contributed by atoms with Gasteiger partial charge in [-0.15, -0.1) is 0 Å². The van der Waals surface area contributed by atoms with Gasteiger partial charge in [0.15, 0.2) is 9.84 Å². The molecule has 8 heteroatoms. The molecule has 0 saturated carbocycles. The molecule has 1 fully saturated rings. The first-order valence-electron chi connectivity index (χ1n) is 7.35. The molecular weight excluding hydrogens is 324 g/mol. The lowest BCUT2D eigenvalue weighted by molar-refractivity contribution is 0.349. The molecule has 1 aliphatic rings. The zero-order valence-corrected chi connectivity index (χ0v) is 14.4. The fourth-order valence-electron chi connectivity index (χ4n) is 2.47. The average molecular weight is 346 g/mol. The third-order valence-electron chi connectivity index (χ3n) is 3.92. The number of sulfone groups is 1. The van der Waals surface area contributed by atoms with E-state index in [2.05, 4.69) is 10.0 Å². The molecule has 22 heavy (non-hydrogen) atoms. The molecule has 1 heterocycles. The van der Waals surface area contributed by atoms with Crippen LogP contribution in [0.1, 0.15) is 26.7 Å². The molecule has 2 rings (SSSR count). The van der Waals surface area contributed by atoms with Crippen molar-refractivity contribution < 1.29 is 16.8 Å². The van der Waals surface area contributed by atoms with Crippen molar-refractivity contribution in [3.05, 3.63) is 24.3 Å². The van der Waals surface area contributed by atoms with Crippen molar-refractivity contribution in [1.82, 2.24) is 10.0 Å². The van der Waals surface area contributed by atoms with Crippen LogP contribution in [0.15, 0.2) is 34.1 Å². The van der Waals surface area contributed by atoms with Crippen molar-refractivity contribution in [2.24, 2.45) is 0 Å². The lowest BCUT2D eigenvalue weighted by Gasteiger charge is -2.30. The molecule has 1 aromatic carbocycles. The van der Waals surface area contributed by atoms with E-state index in [0.717, 1.165) is 19.4 Å². The monoisotopic (exact) mass is 346 g/mol. The van der Waals surface area contributed by atoms with Crippen molar-refractivity contribution in [3.8, 4) is 0 Å². The van der Waals surface area contributed by atoms with E-state index >= 15 is 0 Å². The van der Waals surface area contributed by atoms with Crippen LogP contribution >= 0.6 is 0 Å². The molecule has 2 atom stereocenters. The van der Waals surface area contributed by atoms with Crippen molar-refractivity contribution >= 4 is 19.9 Å². The summed E-state index contributed by atoms with van der Waals surface area (Å²) in [5.41, 5.74) is 0. The summed E-state index contributed by atoms with van der Waals surface area (Å²) in [6.45, 7) is 4.35. The molecule has 2 N–H and O–H groups in total. The van der Waals surface area contributed by atoms with Crippen LogP contribution in [-0.4, -0.2) is 41.2 Å². The molecule has 0 radical (unpaired) electrons. The summed E-state index contributed by atoms with van der Waals surface area (Å²) < 4.78 is 51.4. The molecule has 1 aromatic rings. The molecule has 2 unspecified atom stereocenters. The third-order valence-corrected chi connectivity index (χ3v) is 7.14. The van der Waals surface area contributed by atoms with Crippen LogP contribution in [0.4, 0.5) is 0 Å². The maximum atomic E-state index is 12.5. The smallest absolute Gasteiger partial charge is 0.240 e. The normalized spacial score (nSPS) is 23.4. The van der Waals surface area contributed by atoms with Crippen molar-refractivity contribution in [1.29, 1.82) is 0 Å². The lowest BCUT2D eigenvalue weighted by atomic mass is 10.0. The standard InChI is InChI=1S/C14H22N2O4S2/c1-3-21(17,18)12-6-4-7-13(10-12)22(19,20)16-14-8-5-9-15-11(14)2/h4,6-7,10-11,14-16H,3,5,8-9H2,1-2H3. The van der Waals surface area contributed by atoms with Crippen molar-refractivity contribution in [3.63, 3.8) is 0 Å². The van der Waals surface area contributed by atoms with Crippen LogP contribution in [0.2, 0.25) is 0 Å². The van der Waals surface area contributed by atoms with E-state index in [1.165, 1.54) is 31.2 Å². The summed E-state index contributed by atoms with van der Waals surface area (Å²) in [6.07, 6.45) is 1.67. The van der Waals surface area contributed by atoms with Crippen LogP contribution in [0.25, 0.3) is 0 Å². The van der Waals surface area contributed by atoms with Gasteiger partial charge in [0.1, 0.15) is 0 Å². The molecule has 124 valence electrons. The third kappa shape index (κ3) is 3.87. The second kappa shape index (κ2) is 6.66. The van der Waals surface area contributed by atoms with Gasteiger partial charge in [-0.3, -0.25) is 0 Å². The van der Waals surface area contributed by atoms with Crippen LogP contribution in [0, 0.1) is 0 Å². The Morgan fingerprint density at radius 2 is 1.91 bits per heavy atom. The zero-order chi connectivity index (χ0) is 16.4. The number of benzene rings is 1. The molecule has 0 aromatic heterocycles. The summed E-state index contributed by atoms with van der Waals surface area (Å²) in [5, 5.41) is 3.23. The SMILES string of the molecule is CCS(=O)(=O)c1cccc(S(=O)(=O)NC2CCCNC2C)c1. The number of rotatable bonds is 5. The van der Waals surface area contributed by atoms with Gasteiger partial charge in [-0.05, 0) is 44.5 Å². The highest BCUT2D eigenvalue weighted by atomic mass is 32.2. The van der Waals surface area contributed by atoms with E-state index in [0.29, 0.717) is 0 Å². The van der Waals surface area contributed by atoms with Gasteiger partial charge in [-0.2, -0.15) is 0 Å². The molecule has 1 saturated heterocycles. The van der Waals surface area contributed by atoms with Gasteiger partial charge in [-0.25, -0.2) is 21.6 Å². The molecular formula is C14H22N2O4S2. The Labute approximate surface area is 132 Å². The fraction of sp³-hybridized carbons (Fsp3) is 0.571. The molecule has 0 amide bonds. The highest BCUT2D eigenvalue weighted by Gasteiger charge is 2.27. The summed E-state index contributed by atoms with van der Waals surface area (Å²) in [7, 11) is -7.17. The second-order valence-electron chi connectivity index (χ2n) is 5.49. The van der Waals surface area contributed by atoms with E-state index in [1.54, 1.807) is 0 Å². The molecule has 0 aliphatic carbocycles. The van der Waals surface area contributed by atoms with Gasteiger partial charge in [0.2, 0.25) is 10.0 Å². The first-order chi connectivity index (χ1) is 10.3. The number of hydrogen-bond donors (Lipinski definition) is 2. The van der Waals surface area contributed by atoms with Crippen LogP contribution in [0.3, 0.4) is 0 Å². The molecule has 1 aliphatic heterocycles. The van der Waals surface area contributed by atoms with Gasteiger partial charge in [0.05, 0.1) is 15.5 Å². The highest BCUT2D eigenvalue weighted by Crippen LogP contribution is 2.19. The lowest BCUT2D eigenvalue weighted by Crippen LogP contribution is -2.51. The maximum absolute atomic E-state index is 12.5. The van der Waals surface area contributed by atoms with E-state index in [4.69, 9.17) is 0 Å². The predicted molar refractivity (Wildman–Crippen MR) is 85.0 cm³/mol. The zero-order valence-electron chi connectivity index (χ0n) is 12.7. The number of nitrogens with one attached hydrogen (secondary N) is 2. The average Bonchev–Trinajstić information content (AvgIpc) is 2.49. The Hall–Kier alpha value is -0.960. The Morgan fingerprint density at radius 1 is 1.23 bits per heavy atom. The van der Waals surface area contributed by atoms with Crippen molar-refractivity contribution in [2.45, 2.75) is 48.6 Å². The summed E-state index contributed by atoms with van der Waals surface area (Å²) in [5.74, 6) is -0.0620. The van der Waals surface area contributed by atoms with E-state index in [9.17, 15) is 16.8 Å². The Balaban J connectivity index is 2.28. The van der Waals surface area contributed by atoms with Crippen LogP contribution in [0.5, 0.6) is 0 Å². The topological polar surface area (TPSA) is 92.3 Å². The van der Waals surface area contributed by atoms with Crippen molar-refractivity contribution in [2.75, 3.05) is 12.3 Å². The summed E-state index contributed by atoms with van der Waals surface area (Å²) in [6, 6.07) is 5.37. The van der Waals surface area contributed by atoms with Gasteiger partial charge in [-0.1, -0.05) is 13.0 Å². The second-order valence-corrected chi connectivity index (χ2v) is 9.48.